The first kappa shape index (κ1) is 13.8. The summed E-state index contributed by atoms with van der Waals surface area (Å²) in [4.78, 5) is 13.1. The molecular formula is C15H18N2OS. The number of hydrogen-bond donors (Lipinski definition) is 2. The van der Waals surface area contributed by atoms with Gasteiger partial charge >= 0.3 is 0 Å². The van der Waals surface area contributed by atoms with Crippen molar-refractivity contribution in [2.24, 2.45) is 5.73 Å². The van der Waals surface area contributed by atoms with Gasteiger partial charge in [-0.05, 0) is 23.9 Å². The Morgan fingerprint density at radius 2 is 2.00 bits per heavy atom. The molecule has 3 nitrogen and oxygen atoms in total. The summed E-state index contributed by atoms with van der Waals surface area (Å²) < 4.78 is 0. The Kier molecular flexibility index (Phi) is 4.71. The van der Waals surface area contributed by atoms with Crippen LogP contribution < -0.4 is 11.1 Å². The molecule has 2 aromatic rings. The van der Waals surface area contributed by atoms with Crippen molar-refractivity contribution in [3.63, 3.8) is 0 Å². The molecule has 1 aromatic heterocycles. The molecule has 0 aliphatic carbocycles. The third kappa shape index (κ3) is 3.91. The van der Waals surface area contributed by atoms with Crippen LogP contribution in [0.5, 0.6) is 0 Å². The SMILES string of the molecule is C[C@@H](NC(=O)CC(N)c1ccccc1)c1cccs1. The highest BCUT2D eigenvalue weighted by Crippen LogP contribution is 2.19. The van der Waals surface area contributed by atoms with Gasteiger partial charge in [-0.15, -0.1) is 11.3 Å². The Morgan fingerprint density at radius 3 is 2.63 bits per heavy atom. The van der Waals surface area contributed by atoms with Gasteiger partial charge in [-0.2, -0.15) is 0 Å². The van der Waals surface area contributed by atoms with Crippen LogP contribution in [0.4, 0.5) is 0 Å². The molecule has 0 saturated carbocycles. The van der Waals surface area contributed by atoms with E-state index in [-0.39, 0.29) is 18.0 Å². The Bertz CT molecular complexity index is 510. The van der Waals surface area contributed by atoms with Crippen LogP contribution in [-0.4, -0.2) is 5.91 Å². The van der Waals surface area contributed by atoms with Crippen LogP contribution in [0, 0.1) is 0 Å². The molecule has 2 rings (SSSR count). The second-order valence-corrected chi connectivity index (χ2v) is 5.51. The quantitative estimate of drug-likeness (QED) is 0.880. The van der Waals surface area contributed by atoms with Crippen LogP contribution >= 0.6 is 11.3 Å². The second-order valence-electron chi connectivity index (χ2n) is 4.53. The van der Waals surface area contributed by atoms with Crippen molar-refractivity contribution in [2.45, 2.75) is 25.4 Å². The highest BCUT2D eigenvalue weighted by molar-refractivity contribution is 7.10. The molecule has 2 atom stereocenters. The minimum absolute atomic E-state index is 0.0164. The van der Waals surface area contributed by atoms with E-state index < -0.39 is 0 Å². The standard InChI is InChI=1S/C15H18N2OS/c1-11(14-8-5-9-19-14)17-15(18)10-13(16)12-6-3-2-4-7-12/h2-9,11,13H,10,16H2,1H3,(H,17,18)/t11-,13?/m1/s1. The van der Waals surface area contributed by atoms with E-state index in [9.17, 15) is 4.79 Å². The fourth-order valence-corrected chi connectivity index (χ4v) is 2.66. The molecular weight excluding hydrogens is 256 g/mol. The average Bonchev–Trinajstić information content (AvgIpc) is 2.93. The molecule has 1 amide bonds. The molecule has 0 spiro atoms. The van der Waals surface area contributed by atoms with Crippen molar-refractivity contribution in [1.82, 2.24) is 5.32 Å². The molecule has 1 unspecified atom stereocenters. The summed E-state index contributed by atoms with van der Waals surface area (Å²) in [5, 5.41) is 4.98. The lowest BCUT2D eigenvalue weighted by Crippen LogP contribution is -2.29. The molecule has 0 aliphatic heterocycles. The summed E-state index contributed by atoms with van der Waals surface area (Å²) in [5.41, 5.74) is 7.02. The predicted molar refractivity (Wildman–Crippen MR) is 78.9 cm³/mol. The Hall–Kier alpha value is -1.65. The van der Waals surface area contributed by atoms with E-state index in [1.165, 1.54) is 0 Å². The minimum Gasteiger partial charge on any atom is -0.349 e. The van der Waals surface area contributed by atoms with E-state index in [2.05, 4.69) is 5.32 Å². The van der Waals surface area contributed by atoms with Crippen LogP contribution in [0.3, 0.4) is 0 Å². The van der Waals surface area contributed by atoms with Crippen molar-refractivity contribution >= 4 is 17.2 Å². The molecule has 4 heteroatoms. The van der Waals surface area contributed by atoms with Gasteiger partial charge in [0.15, 0.2) is 0 Å². The van der Waals surface area contributed by atoms with Gasteiger partial charge in [0.1, 0.15) is 0 Å². The molecule has 0 aliphatic rings. The maximum Gasteiger partial charge on any atom is 0.222 e. The molecule has 0 saturated heterocycles. The van der Waals surface area contributed by atoms with Crippen LogP contribution in [0.2, 0.25) is 0 Å². The number of carbonyl (C=O) groups is 1. The van der Waals surface area contributed by atoms with Crippen molar-refractivity contribution in [2.75, 3.05) is 0 Å². The predicted octanol–water partition coefficient (Wildman–Crippen LogP) is 3.02. The third-order valence-corrected chi connectivity index (χ3v) is 4.04. The molecule has 3 N–H and O–H groups in total. The lowest BCUT2D eigenvalue weighted by atomic mass is 10.0. The summed E-state index contributed by atoms with van der Waals surface area (Å²) in [5.74, 6) is -0.0164. The molecule has 1 heterocycles. The lowest BCUT2D eigenvalue weighted by molar-refractivity contribution is -0.122. The van der Waals surface area contributed by atoms with Gasteiger partial charge in [-0.3, -0.25) is 4.79 Å². The second kappa shape index (κ2) is 6.50. The Labute approximate surface area is 117 Å². The van der Waals surface area contributed by atoms with E-state index in [0.717, 1.165) is 10.4 Å². The zero-order chi connectivity index (χ0) is 13.7. The zero-order valence-electron chi connectivity index (χ0n) is 10.9. The first-order valence-corrected chi connectivity index (χ1v) is 7.18. The van der Waals surface area contributed by atoms with Crippen LogP contribution in [-0.2, 0) is 4.79 Å². The van der Waals surface area contributed by atoms with Crippen molar-refractivity contribution in [1.29, 1.82) is 0 Å². The highest BCUT2D eigenvalue weighted by atomic mass is 32.1. The zero-order valence-corrected chi connectivity index (χ0v) is 11.7. The van der Waals surface area contributed by atoms with E-state index in [0.29, 0.717) is 6.42 Å². The highest BCUT2D eigenvalue weighted by Gasteiger charge is 2.14. The van der Waals surface area contributed by atoms with Gasteiger partial charge in [0.05, 0.1) is 6.04 Å². The van der Waals surface area contributed by atoms with E-state index in [1.54, 1.807) is 11.3 Å². The number of nitrogens with one attached hydrogen (secondary N) is 1. The van der Waals surface area contributed by atoms with E-state index >= 15 is 0 Å². The number of amides is 1. The summed E-state index contributed by atoms with van der Waals surface area (Å²) in [6, 6.07) is 13.5. The number of thiophene rings is 1. The summed E-state index contributed by atoms with van der Waals surface area (Å²) in [7, 11) is 0. The van der Waals surface area contributed by atoms with Gasteiger partial charge < -0.3 is 11.1 Å². The number of carbonyl (C=O) groups excluding carboxylic acids is 1. The summed E-state index contributed by atoms with van der Waals surface area (Å²) in [6.07, 6.45) is 0.305. The Balaban J connectivity index is 1.88. The van der Waals surface area contributed by atoms with Gasteiger partial charge in [-0.1, -0.05) is 36.4 Å². The van der Waals surface area contributed by atoms with E-state index in [1.807, 2.05) is 54.8 Å². The topological polar surface area (TPSA) is 55.1 Å². The first-order chi connectivity index (χ1) is 9.16. The normalized spacial score (nSPS) is 13.8. The fraction of sp³-hybridized carbons (Fsp3) is 0.267. The summed E-state index contributed by atoms with van der Waals surface area (Å²) >= 11 is 1.64. The summed E-state index contributed by atoms with van der Waals surface area (Å²) in [6.45, 7) is 1.98. The monoisotopic (exact) mass is 274 g/mol. The smallest absolute Gasteiger partial charge is 0.222 e. The number of rotatable bonds is 5. The number of benzene rings is 1. The number of nitrogens with two attached hydrogens (primary N) is 1. The maximum absolute atomic E-state index is 11.9. The van der Waals surface area contributed by atoms with Gasteiger partial charge in [-0.25, -0.2) is 0 Å². The van der Waals surface area contributed by atoms with E-state index in [4.69, 9.17) is 5.73 Å². The van der Waals surface area contributed by atoms with Crippen molar-refractivity contribution < 1.29 is 4.79 Å². The van der Waals surface area contributed by atoms with Crippen LogP contribution in [0.1, 0.15) is 35.9 Å². The number of hydrogen-bond acceptors (Lipinski definition) is 3. The van der Waals surface area contributed by atoms with Crippen molar-refractivity contribution in [3.8, 4) is 0 Å². The largest absolute Gasteiger partial charge is 0.349 e. The molecule has 19 heavy (non-hydrogen) atoms. The molecule has 100 valence electrons. The van der Waals surface area contributed by atoms with Crippen LogP contribution in [0.15, 0.2) is 47.8 Å². The minimum atomic E-state index is -0.253. The third-order valence-electron chi connectivity index (χ3n) is 2.98. The molecule has 0 bridgehead atoms. The average molecular weight is 274 g/mol. The molecule has 1 aromatic carbocycles. The fourth-order valence-electron chi connectivity index (χ4n) is 1.93. The van der Waals surface area contributed by atoms with Crippen molar-refractivity contribution in [3.05, 3.63) is 58.3 Å². The van der Waals surface area contributed by atoms with Gasteiger partial charge in [0.25, 0.3) is 0 Å². The molecule has 0 radical (unpaired) electrons. The molecule has 0 fully saturated rings. The van der Waals surface area contributed by atoms with Gasteiger partial charge in [0, 0.05) is 17.3 Å². The van der Waals surface area contributed by atoms with Gasteiger partial charge in [0.2, 0.25) is 5.91 Å². The maximum atomic E-state index is 11.9. The van der Waals surface area contributed by atoms with Crippen LogP contribution in [0.25, 0.3) is 0 Å². The Morgan fingerprint density at radius 1 is 1.26 bits per heavy atom. The lowest BCUT2D eigenvalue weighted by Gasteiger charge is -2.15. The first-order valence-electron chi connectivity index (χ1n) is 6.30.